The molecule has 0 aliphatic carbocycles. The highest BCUT2D eigenvalue weighted by molar-refractivity contribution is 5.92. The Morgan fingerprint density at radius 1 is 1.24 bits per heavy atom. The number of rotatable bonds is 5. The van der Waals surface area contributed by atoms with E-state index >= 15 is 0 Å². The maximum atomic E-state index is 12.8. The van der Waals surface area contributed by atoms with E-state index < -0.39 is 12.0 Å². The van der Waals surface area contributed by atoms with E-state index in [1.807, 2.05) is 43.3 Å². The minimum atomic E-state index is -0.542. The number of hydrogen-bond acceptors (Lipinski definition) is 7. The summed E-state index contributed by atoms with van der Waals surface area (Å²) >= 11 is 0. The van der Waals surface area contributed by atoms with Crippen LogP contribution in [-0.2, 0) is 9.53 Å². The minimum absolute atomic E-state index is 0.277. The van der Waals surface area contributed by atoms with Crippen molar-refractivity contribution in [2.45, 2.75) is 19.9 Å². The molecule has 0 fully saturated rings. The van der Waals surface area contributed by atoms with Crippen LogP contribution in [0.3, 0.4) is 0 Å². The van der Waals surface area contributed by atoms with Crippen LogP contribution in [0.4, 0.5) is 5.95 Å². The molecule has 1 aromatic carbocycles. The Hall–Kier alpha value is -3.68. The molecule has 8 heteroatoms. The number of aromatic nitrogens is 4. The fraction of sp³-hybridized carbons (Fsp3) is 0.238. The predicted molar refractivity (Wildman–Crippen MR) is 107 cm³/mol. The average Bonchev–Trinajstić information content (AvgIpc) is 3.17. The Bertz CT molecular complexity index is 1070. The van der Waals surface area contributed by atoms with Gasteiger partial charge >= 0.3 is 5.97 Å². The minimum Gasteiger partial charge on any atom is -0.496 e. The van der Waals surface area contributed by atoms with E-state index in [0.29, 0.717) is 28.8 Å². The zero-order valence-corrected chi connectivity index (χ0v) is 16.4. The van der Waals surface area contributed by atoms with E-state index in [0.717, 1.165) is 11.1 Å². The fourth-order valence-corrected chi connectivity index (χ4v) is 3.42. The van der Waals surface area contributed by atoms with Crippen molar-refractivity contribution < 1.29 is 14.3 Å². The van der Waals surface area contributed by atoms with Crippen molar-refractivity contribution in [2.75, 3.05) is 19.0 Å². The number of methoxy groups -OCH3 is 1. The standard InChI is InChI=1S/C21H21N5O3/c1-4-29-20(27)17-13(2)23-21-24-19(14-8-7-11-22-12-14)25-26(21)18(17)15-9-5-6-10-16(15)28-3/h5-12,18H,4H2,1-3H3,(H,23,24,25). The van der Waals surface area contributed by atoms with Gasteiger partial charge in [-0.3, -0.25) is 4.98 Å². The van der Waals surface area contributed by atoms with E-state index in [2.05, 4.69) is 20.4 Å². The van der Waals surface area contributed by atoms with Gasteiger partial charge in [-0.05, 0) is 32.0 Å². The third-order valence-corrected chi connectivity index (χ3v) is 4.70. The molecule has 2 aromatic heterocycles. The van der Waals surface area contributed by atoms with Crippen LogP contribution in [0.15, 0.2) is 60.1 Å². The van der Waals surface area contributed by atoms with Gasteiger partial charge in [-0.2, -0.15) is 4.98 Å². The molecule has 1 unspecified atom stereocenters. The molecule has 29 heavy (non-hydrogen) atoms. The van der Waals surface area contributed by atoms with Crippen molar-refractivity contribution in [2.24, 2.45) is 0 Å². The molecular weight excluding hydrogens is 370 g/mol. The van der Waals surface area contributed by atoms with E-state index in [-0.39, 0.29) is 6.61 Å². The van der Waals surface area contributed by atoms with E-state index in [1.165, 1.54) is 0 Å². The van der Waals surface area contributed by atoms with Gasteiger partial charge in [0.2, 0.25) is 5.95 Å². The normalized spacial score (nSPS) is 15.5. The van der Waals surface area contributed by atoms with Crippen LogP contribution in [0.25, 0.3) is 11.4 Å². The summed E-state index contributed by atoms with van der Waals surface area (Å²) in [6, 6.07) is 10.7. The lowest BCUT2D eigenvalue weighted by atomic mass is 9.95. The molecule has 0 saturated heterocycles. The monoisotopic (exact) mass is 391 g/mol. The maximum absolute atomic E-state index is 12.8. The first-order chi connectivity index (χ1) is 14.1. The molecule has 0 spiro atoms. The maximum Gasteiger partial charge on any atom is 0.338 e. The lowest BCUT2D eigenvalue weighted by Gasteiger charge is -2.28. The fourth-order valence-electron chi connectivity index (χ4n) is 3.42. The summed E-state index contributed by atoms with van der Waals surface area (Å²) in [6.45, 7) is 3.89. The lowest BCUT2D eigenvalue weighted by Crippen LogP contribution is -2.30. The van der Waals surface area contributed by atoms with Crippen LogP contribution in [-0.4, -0.2) is 39.4 Å². The lowest BCUT2D eigenvalue weighted by molar-refractivity contribution is -0.139. The number of carbonyl (C=O) groups excluding carboxylic acids is 1. The van der Waals surface area contributed by atoms with Gasteiger partial charge in [0.15, 0.2) is 5.82 Å². The van der Waals surface area contributed by atoms with Crippen molar-refractivity contribution in [3.05, 3.63) is 65.6 Å². The topological polar surface area (TPSA) is 91.2 Å². The van der Waals surface area contributed by atoms with Gasteiger partial charge in [-0.25, -0.2) is 9.48 Å². The number of fused-ring (bicyclic) bond motifs is 1. The number of benzene rings is 1. The SMILES string of the molecule is CCOC(=O)C1=C(C)Nc2nc(-c3cccnc3)nn2C1c1ccccc1OC. The highest BCUT2D eigenvalue weighted by Crippen LogP contribution is 2.40. The van der Waals surface area contributed by atoms with Crippen molar-refractivity contribution in [1.82, 2.24) is 19.7 Å². The Morgan fingerprint density at radius 2 is 2.07 bits per heavy atom. The van der Waals surface area contributed by atoms with Crippen LogP contribution in [0.1, 0.15) is 25.5 Å². The van der Waals surface area contributed by atoms with Gasteiger partial charge in [0.05, 0.1) is 19.3 Å². The second kappa shape index (κ2) is 7.75. The predicted octanol–water partition coefficient (Wildman–Crippen LogP) is 3.20. The summed E-state index contributed by atoms with van der Waals surface area (Å²) in [6.07, 6.45) is 3.39. The smallest absolute Gasteiger partial charge is 0.338 e. The molecule has 148 valence electrons. The van der Waals surface area contributed by atoms with Gasteiger partial charge in [-0.15, -0.1) is 5.10 Å². The third kappa shape index (κ3) is 3.33. The number of nitrogens with one attached hydrogen (secondary N) is 1. The average molecular weight is 391 g/mol. The molecule has 1 atom stereocenters. The highest BCUT2D eigenvalue weighted by Gasteiger charge is 2.36. The summed E-state index contributed by atoms with van der Waals surface area (Å²) in [4.78, 5) is 21.6. The van der Waals surface area contributed by atoms with Gasteiger partial charge in [0, 0.05) is 29.2 Å². The number of nitrogens with zero attached hydrogens (tertiary/aromatic N) is 4. The molecule has 8 nitrogen and oxygen atoms in total. The summed E-state index contributed by atoms with van der Waals surface area (Å²) in [5.74, 6) is 1.29. The second-order valence-electron chi connectivity index (χ2n) is 6.47. The Kier molecular flexibility index (Phi) is 4.99. The number of carbonyl (C=O) groups is 1. The Morgan fingerprint density at radius 3 is 2.79 bits per heavy atom. The zero-order chi connectivity index (χ0) is 20.4. The largest absolute Gasteiger partial charge is 0.496 e. The molecule has 3 heterocycles. The molecule has 1 aliphatic rings. The van der Waals surface area contributed by atoms with Crippen LogP contribution >= 0.6 is 0 Å². The number of anilines is 1. The summed E-state index contributed by atoms with van der Waals surface area (Å²) in [5, 5.41) is 7.87. The quantitative estimate of drug-likeness (QED) is 0.668. The van der Waals surface area contributed by atoms with Crippen molar-refractivity contribution in [3.63, 3.8) is 0 Å². The number of ether oxygens (including phenoxy) is 2. The van der Waals surface area contributed by atoms with Gasteiger partial charge in [-0.1, -0.05) is 18.2 Å². The first-order valence-electron chi connectivity index (χ1n) is 9.28. The van der Waals surface area contributed by atoms with Crippen molar-refractivity contribution in [1.29, 1.82) is 0 Å². The van der Waals surface area contributed by atoms with Gasteiger partial charge in [0.1, 0.15) is 11.8 Å². The van der Waals surface area contributed by atoms with Gasteiger partial charge < -0.3 is 14.8 Å². The van der Waals surface area contributed by atoms with Crippen molar-refractivity contribution >= 4 is 11.9 Å². The number of esters is 1. The van der Waals surface area contributed by atoms with Crippen molar-refractivity contribution in [3.8, 4) is 17.1 Å². The van der Waals surface area contributed by atoms with Crippen LogP contribution in [0, 0.1) is 0 Å². The molecular formula is C21H21N5O3. The van der Waals surface area contributed by atoms with Crippen LogP contribution < -0.4 is 10.1 Å². The molecule has 1 N–H and O–H groups in total. The number of hydrogen-bond donors (Lipinski definition) is 1. The first kappa shape index (κ1) is 18.7. The molecule has 1 aliphatic heterocycles. The summed E-state index contributed by atoms with van der Waals surface area (Å²) in [7, 11) is 1.60. The van der Waals surface area contributed by atoms with Gasteiger partial charge in [0.25, 0.3) is 0 Å². The second-order valence-corrected chi connectivity index (χ2v) is 6.47. The van der Waals surface area contributed by atoms with E-state index in [1.54, 1.807) is 31.1 Å². The first-order valence-corrected chi connectivity index (χ1v) is 9.28. The summed E-state index contributed by atoms with van der Waals surface area (Å²) < 4.78 is 12.6. The Balaban J connectivity index is 1.90. The highest BCUT2D eigenvalue weighted by atomic mass is 16.5. The van der Waals surface area contributed by atoms with E-state index in [9.17, 15) is 4.79 Å². The summed E-state index contributed by atoms with van der Waals surface area (Å²) in [5.41, 5.74) is 2.71. The number of pyridine rings is 1. The molecule has 0 radical (unpaired) electrons. The molecule has 4 rings (SSSR count). The van der Waals surface area contributed by atoms with Crippen LogP contribution in [0.2, 0.25) is 0 Å². The number of allylic oxidation sites excluding steroid dienone is 1. The van der Waals surface area contributed by atoms with Crippen LogP contribution in [0.5, 0.6) is 5.75 Å². The molecule has 0 amide bonds. The zero-order valence-electron chi connectivity index (χ0n) is 16.4. The molecule has 0 bridgehead atoms. The Labute approximate surface area is 168 Å². The van der Waals surface area contributed by atoms with E-state index in [4.69, 9.17) is 9.47 Å². The molecule has 3 aromatic rings. The molecule has 0 saturated carbocycles. The third-order valence-electron chi connectivity index (χ3n) is 4.70. The number of para-hydroxylation sites is 1.